The fraction of sp³-hybridized carbons (Fsp3) is 0.0769. The highest BCUT2D eigenvalue weighted by Gasteiger charge is 2.12. The first kappa shape index (κ1) is 16.1. The first-order chi connectivity index (χ1) is 10.5. The van der Waals surface area contributed by atoms with E-state index in [-0.39, 0.29) is 5.00 Å². The molecule has 0 aliphatic rings. The number of nitrogens with zero attached hydrogens (tertiary/aromatic N) is 2. The van der Waals surface area contributed by atoms with Gasteiger partial charge in [0.25, 0.3) is 5.91 Å². The van der Waals surface area contributed by atoms with Crippen molar-refractivity contribution in [1.82, 2.24) is 5.43 Å². The van der Waals surface area contributed by atoms with Crippen LogP contribution < -0.4 is 10.2 Å². The van der Waals surface area contributed by atoms with Crippen molar-refractivity contribution in [3.05, 3.63) is 55.4 Å². The molecule has 0 atom stereocenters. The second kappa shape index (κ2) is 7.14. The third-order valence-corrected chi connectivity index (χ3v) is 4.02. The number of benzene rings is 1. The van der Waals surface area contributed by atoms with Gasteiger partial charge >= 0.3 is 5.00 Å². The average Bonchev–Trinajstić information content (AvgIpc) is 2.96. The summed E-state index contributed by atoms with van der Waals surface area (Å²) in [5.74, 6) is -0.0249. The van der Waals surface area contributed by atoms with Gasteiger partial charge in [0.05, 0.1) is 28.7 Å². The van der Waals surface area contributed by atoms with Gasteiger partial charge in [0.15, 0.2) is 0 Å². The molecule has 2 aromatic rings. The Morgan fingerprint density at radius 3 is 2.86 bits per heavy atom. The number of carbonyl (C=O) groups excluding carboxylic acids is 1. The van der Waals surface area contributed by atoms with Crippen molar-refractivity contribution in [2.75, 3.05) is 7.11 Å². The number of carbonyl (C=O) groups is 1. The number of ether oxygens (including phenoxy) is 1. The second-order valence-electron chi connectivity index (χ2n) is 3.98. The summed E-state index contributed by atoms with van der Waals surface area (Å²) in [6, 6.07) is 7.96. The highest BCUT2D eigenvalue weighted by atomic mass is 79.9. The van der Waals surface area contributed by atoms with Crippen LogP contribution in [0.4, 0.5) is 5.00 Å². The van der Waals surface area contributed by atoms with Crippen LogP contribution in [0, 0.1) is 10.1 Å². The Labute approximate surface area is 137 Å². The van der Waals surface area contributed by atoms with Gasteiger partial charge in [-0.2, -0.15) is 5.10 Å². The van der Waals surface area contributed by atoms with Crippen molar-refractivity contribution < 1.29 is 14.5 Å². The molecule has 1 amide bonds. The Hall–Kier alpha value is -2.26. The minimum Gasteiger partial charge on any atom is -0.496 e. The van der Waals surface area contributed by atoms with Crippen molar-refractivity contribution in [1.29, 1.82) is 0 Å². The van der Waals surface area contributed by atoms with E-state index in [1.165, 1.54) is 19.4 Å². The van der Waals surface area contributed by atoms with E-state index in [0.29, 0.717) is 16.2 Å². The van der Waals surface area contributed by atoms with Gasteiger partial charge in [0, 0.05) is 10.5 Å². The number of hydrazone groups is 1. The molecule has 0 aliphatic heterocycles. The molecule has 1 aromatic heterocycles. The van der Waals surface area contributed by atoms with Crippen LogP contribution in [0.1, 0.15) is 15.2 Å². The lowest BCUT2D eigenvalue weighted by molar-refractivity contribution is -0.380. The molecule has 1 aromatic carbocycles. The number of nitro groups is 1. The van der Waals surface area contributed by atoms with Crippen LogP contribution in [0.2, 0.25) is 0 Å². The van der Waals surface area contributed by atoms with Crippen molar-refractivity contribution in [2.45, 2.75) is 0 Å². The van der Waals surface area contributed by atoms with Crippen molar-refractivity contribution >= 4 is 44.4 Å². The number of nitrogens with one attached hydrogen (secondary N) is 1. The first-order valence-corrected chi connectivity index (χ1v) is 7.53. The Kier molecular flexibility index (Phi) is 5.23. The van der Waals surface area contributed by atoms with Crippen molar-refractivity contribution in [2.24, 2.45) is 5.10 Å². The molecule has 0 radical (unpaired) electrons. The summed E-state index contributed by atoms with van der Waals surface area (Å²) in [6.07, 6.45) is 1.35. The van der Waals surface area contributed by atoms with E-state index in [9.17, 15) is 14.9 Å². The van der Waals surface area contributed by atoms with Gasteiger partial charge in [-0.3, -0.25) is 14.9 Å². The lowest BCUT2D eigenvalue weighted by atomic mass is 10.2. The SMILES string of the molecule is COc1ccc(Br)cc1C(=O)N/N=C/c1ccc([N+](=O)[O-])s1. The molecule has 7 nitrogen and oxygen atoms in total. The number of hydrogen-bond acceptors (Lipinski definition) is 6. The maximum Gasteiger partial charge on any atom is 0.324 e. The van der Waals surface area contributed by atoms with Crippen molar-refractivity contribution in [3.63, 3.8) is 0 Å². The van der Waals surface area contributed by atoms with Crippen LogP contribution in [0.3, 0.4) is 0 Å². The zero-order valence-electron chi connectivity index (χ0n) is 11.3. The summed E-state index contributed by atoms with van der Waals surface area (Å²) in [5, 5.41) is 14.4. The van der Waals surface area contributed by atoms with Gasteiger partial charge in [0.2, 0.25) is 0 Å². The summed E-state index contributed by atoms with van der Waals surface area (Å²) < 4.78 is 5.84. The maximum atomic E-state index is 12.0. The number of methoxy groups -OCH3 is 1. The molecule has 0 saturated carbocycles. The summed E-state index contributed by atoms with van der Waals surface area (Å²) in [5.41, 5.74) is 2.68. The lowest BCUT2D eigenvalue weighted by Crippen LogP contribution is -2.18. The van der Waals surface area contributed by atoms with Gasteiger partial charge in [-0.1, -0.05) is 27.3 Å². The average molecular weight is 384 g/mol. The molecule has 1 N–H and O–H groups in total. The summed E-state index contributed by atoms with van der Waals surface area (Å²) >= 11 is 4.25. The number of rotatable bonds is 5. The molecular formula is C13H10BrN3O4S. The van der Waals surface area contributed by atoms with Crippen LogP contribution in [0.25, 0.3) is 0 Å². The third kappa shape index (κ3) is 3.89. The Balaban J connectivity index is 2.07. The van der Waals surface area contributed by atoms with Crippen LogP contribution in [0.5, 0.6) is 5.75 Å². The second-order valence-corrected chi connectivity index (χ2v) is 5.99. The smallest absolute Gasteiger partial charge is 0.324 e. The van der Waals surface area contributed by atoms with Crippen LogP contribution >= 0.6 is 27.3 Å². The van der Waals surface area contributed by atoms with E-state index < -0.39 is 10.8 Å². The molecule has 114 valence electrons. The molecule has 0 bridgehead atoms. The molecule has 1 heterocycles. The van der Waals surface area contributed by atoms with E-state index in [4.69, 9.17) is 4.74 Å². The normalized spacial score (nSPS) is 10.6. The van der Waals surface area contributed by atoms with Gasteiger partial charge in [-0.25, -0.2) is 5.43 Å². The highest BCUT2D eigenvalue weighted by Crippen LogP contribution is 2.23. The number of halogens is 1. The fourth-order valence-electron chi connectivity index (χ4n) is 1.58. The first-order valence-electron chi connectivity index (χ1n) is 5.92. The largest absolute Gasteiger partial charge is 0.496 e. The number of thiophene rings is 1. The van der Waals surface area contributed by atoms with Gasteiger partial charge in [-0.15, -0.1) is 0 Å². The van der Waals surface area contributed by atoms with Gasteiger partial charge in [0.1, 0.15) is 5.75 Å². The molecular weight excluding hydrogens is 374 g/mol. The number of amides is 1. The molecule has 2 rings (SSSR count). The zero-order valence-corrected chi connectivity index (χ0v) is 13.7. The Bertz CT molecular complexity index is 745. The molecule has 22 heavy (non-hydrogen) atoms. The molecule has 0 spiro atoms. The molecule has 0 fully saturated rings. The standard InChI is InChI=1S/C13H10BrN3O4S/c1-21-11-4-2-8(14)6-10(11)13(18)16-15-7-9-3-5-12(22-9)17(19)20/h2-7H,1H3,(H,16,18)/b15-7+. The molecule has 9 heteroatoms. The molecule has 0 aliphatic carbocycles. The topological polar surface area (TPSA) is 93.8 Å². The zero-order chi connectivity index (χ0) is 16.1. The molecule has 0 unspecified atom stereocenters. The van der Waals surface area contributed by atoms with E-state index >= 15 is 0 Å². The Morgan fingerprint density at radius 1 is 1.45 bits per heavy atom. The van der Waals surface area contributed by atoms with Crippen LogP contribution in [-0.2, 0) is 0 Å². The Morgan fingerprint density at radius 2 is 2.23 bits per heavy atom. The monoisotopic (exact) mass is 383 g/mol. The van der Waals surface area contributed by atoms with E-state index in [2.05, 4.69) is 26.5 Å². The summed E-state index contributed by atoms with van der Waals surface area (Å²) in [6.45, 7) is 0. The minimum atomic E-state index is -0.479. The molecule has 0 saturated heterocycles. The van der Waals surface area contributed by atoms with Crippen LogP contribution in [-0.4, -0.2) is 24.2 Å². The van der Waals surface area contributed by atoms with E-state index in [0.717, 1.165) is 15.8 Å². The van der Waals surface area contributed by atoms with Crippen LogP contribution in [0.15, 0.2) is 39.9 Å². The summed E-state index contributed by atoms with van der Waals surface area (Å²) in [7, 11) is 1.47. The van der Waals surface area contributed by atoms with E-state index in [1.54, 1.807) is 24.3 Å². The quantitative estimate of drug-likeness (QED) is 0.487. The van der Waals surface area contributed by atoms with Gasteiger partial charge in [-0.05, 0) is 24.3 Å². The highest BCUT2D eigenvalue weighted by molar-refractivity contribution is 9.10. The number of hydrogen-bond donors (Lipinski definition) is 1. The summed E-state index contributed by atoms with van der Waals surface area (Å²) in [4.78, 5) is 22.7. The maximum absolute atomic E-state index is 12.0. The van der Waals surface area contributed by atoms with E-state index in [1.807, 2.05) is 0 Å². The van der Waals surface area contributed by atoms with Gasteiger partial charge < -0.3 is 4.74 Å². The third-order valence-electron chi connectivity index (χ3n) is 2.56. The van der Waals surface area contributed by atoms with Crippen molar-refractivity contribution in [3.8, 4) is 5.75 Å². The minimum absolute atomic E-state index is 0.0152. The fourth-order valence-corrected chi connectivity index (χ4v) is 2.64. The predicted octanol–water partition coefficient (Wildman–Crippen LogP) is 3.19. The predicted molar refractivity (Wildman–Crippen MR) is 86.7 cm³/mol. The lowest BCUT2D eigenvalue weighted by Gasteiger charge is -2.07.